The minimum absolute atomic E-state index is 0.113. The van der Waals surface area contributed by atoms with E-state index in [9.17, 15) is 9.59 Å². The molecule has 1 fully saturated rings. The summed E-state index contributed by atoms with van der Waals surface area (Å²) >= 11 is 0. The van der Waals surface area contributed by atoms with E-state index in [1.165, 1.54) is 6.08 Å². The van der Waals surface area contributed by atoms with Crippen LogP contribution >= 0.6 is 0 Å². The minimum atomic E-state index is -0.150. The molecule has 1 saturated heterocycles. The molecule has 1 aliphatic heterocycles. The highest BCUT2D eigenvalue weighted by atomic mass is 16.2. The Morgan fingerprint density at radius 2 is 1.92 bits per heavy atom. The Labute approximate surface area is 147 Å². The summed E-state index contributed by atoms with van der Waals surface area (Å²) in [5.41, 5.74) is 2.85. The number of nitrogens with zero attached hydrogens (tertiary/aromatic N) is 2. The Morgan fingerprint density at radius 3 is 2.56 bits per heavy atom. The van der Waals surface area contributed by atoms with Crippen LogP contribution < -0.4 is 10.2 Å². The quantitative estimate of drug-likeness (QED) is 0.854. The summed E-state index contributed by atoms with van der Waals surface area (Å²) in [6.07, 6.45) is 8.18. The van der Waals surface area contributed by atoms with Crippen molar-refractivity contribution in [3.63, 3.8) is 0 Å². The second-order valence-corrected chi connectivity index (χ2v) is 6.08. The summed E-state index contributed by atoms with van der Waals surface area (Å²) in [4.78, 5) is 29.6. The van der Waals surface area contributed by atoms with Gasteiger partial charge in [-0.2, -0.15) is 0 Å². The van der Waals surface area contributed by atoms with Gasteiger partial charge in [0.2, 0.25) is 11.8 Å². The summed E-state index contributed by atoms with van der Waals surface area (Å²) in [7, 11) is 0. The van der Waals surface area contributed by atoms with E-state index in [-0.39, 0.29) is 17.9 Å². The molecule has 2 heterocycles. The first-order chi connectivity index (χ1) is 12.1. The highest BCUT2D eigenvalue weighted by Crippen LogP contribution is 2.23. The highest BCUT2D eigenvalue weighted by Gasteiger charge is 2.21. The molecule has 0 aliphatic carbocycles. The molecule has 1 atom stereocenters. The second-order valence-electron chi connectivity index (χ2n) is 6.08. The first kappa shape index (κ1) is 16.9. The Hall–Kier alpha value is -2.95. The molecule has 1 unspecified atom stereocenters. The van der Waals surface area contributed by atoms with Crippen LogP contribution in [0.4, 0.5) is 5.69 Å². The lowest BCUT2D eigenvalue weighted by Crippen LogP contribution is -2.25. The number of anilines is 1. The summed E-state index contributed by atoms with van der Waals surface area (Å²) in [5.74, 6) is 0.0264. The van der Waals surface area contributed by atoms with Crippen molar-refractivity contribution in [2.75, 3.05) is 11.4 Å². The molecule has 1 aromatic heterocycles. The van der Waals surface area contributed by atoms with Crippen molar-refractivity contribution in [1.82, 2.24) is 10.3 Å². The van der Waals surface area contributed by atoms with Crippen LogP contribution in [0.3, 0.4) is 0 Å². The third-order valence-corrected chi connectivity index (χ3v) is 4.27. The van der Waals surface area contributed by atoms with E-state index in [1.807, 2.05) is 48.2 Å². The van der Waals surface area contributed by atoms with Gasteiger partial charge in [0.05, 0.1) is 6.04 Å². The molecule has 0 bridgehead atoms. The lowest BCUT2D eigenvalue weighted by Gasteiger charge is -2.18. The van der Waals surface area contributed by atoms with Gasteiger partial charge < -0.3 is 10.2 Å². The van der Waals surface area contributed by atoms with Crippen LogP contribution in [0.2, 0.25) is 0 Å². The Bertz CT molecular complexity index is 769. The zero-order chi connectivity index (χ0) is 17.6. The zero-order valence-electron chi connectivity index (χ0n) is 14.2. The van der Waals surface area contributed by atoms with Crippen LogP contribution in [0.15, 0.2) is 54.9 Å². The Morgan fingerprint density at radius 1 is 1.20 bits per heavy atom. The maximum Gasteiger partial charge on any atom is 0.244 e. The fraction of sp³-hybridized carbons (Fsp3) is 0.250. The molecule has 2 aromatic rings. The average molecular weight is 335 g/mol. The Kier molecular flexibility index (Phi) is 5.23. The lowest BCUT2D eigenvalue weighted by atomic mass is 10.1. The molecule has 2 amide bonds. The van der Waals surface area contributed by atoms with Gasteiger partial charge in [0.25, 0.3) is 0 Å². The maximum absolute atomic E-state index is 12.1. The SMILES string of the molecule is CC(NC(=O)C=Cc1ccncc1)c1ccc(N2CCCC2=O)cc1. The smallest absolute Gasteiger partial charge is 0.244 e. The van der Waals surface area contributed by atoms with Crippen LogP contribution in [0.25, 0.3) is 6.08 Å². The van der Waals surface area contributed by atoms with Crippen LogP contribution in [-0.2, 0) is 9.59 Å². The molecular formula is C20H21N3O2. The normalized spacial score (nSPS) is 15.6. The molecule has 128 valence electrons. The van der Waals surface area contributed by atoms with Gasteiger partial charge in [-0.3, -0.25) is 14.6 Å². The van der Waals surface area contributed by atoms with Crippen LogP contribution in [0.5, 0.6) is 0 Å². The van der Waals surface area contributed by atoms with E-state index >= 15 is 0 Å². The standard InChI is InChI=1S/C20H21N3O2/c1-15(22-19(24)9-4-16-10-12-21-13-11-16)17-5-7-18(8-6-17)23-14-2-3-20(23)25/h4-13,15H,2-3,14H2,1H3,(H,22,24). The van der Waals surface area contributed by atoms with Crippen molar-refractivity contribution in [3.05, 3.63) is 66.0 Å². The van der Waals surface area contributed by atoms with Crippen molar-refractivity contribution in [2.45, 2.75) is 25.8 Å². The van der Waals surface area contributed by atoms with Crippen LogP contribution in [0.1, 0.15) is 36.9 Å². The van der Waals surface area contributed by atoms with Gasteiger partial charge in [-0.25, -0.2) is 0 Å². The van der Waals surface area contributed by atoms with Crippen molar-refractivity contribution in [3.8, 4) is 0 Å². The zero-order valence-corrected chi connectivity index (χ0v) is 14.2. The monoisotopic (exact) mass is 335 g/mol. The molecule has 1 N–H and O–H groups in total. The predicted octanol–water partition coefficient (Wildman–Crippen LogP) is 3.10. The maximum atomic E-state index is 12.1. The number of carbonyl (C=O) groups is 2. The number of hydrogen-bond acceptors (Lipinski definition) is 3. The van der Waals surface area contributed by atoms with Gasteiger partial charge in [-0.1, -0.05) is 12.1 Å². The molecular weight excluding hydrogens is 314 g/mol. The molecule has 0 spiro atoms. The van der Waals surface area contributed by atoms with Crippen molar-refractivity contribution >= 4 is 23.6 Å². The van der Waals surface area contributed by atoms with Gasteiger partial charge in [-0.05, 0) is 54.8 Å². The molecule has 0 radical (unpaired) electrons. The third kappa shape index (κ3) is 4.32. The molecule has 25 heavy (non-hydrogen) atoms. The lowest BCUT2D eigenvalue weighted by molar-refractivity contribution is -0.117. The van der Waals surface area contributed by atoms with Crippen LogP contribution in [-0.4, -0.2) is 23.3 Å². The Balaban J connectivity index is 1.59. The molecule has 0 saturated carbocycles. The van der Waals surface area contributed by atoms with E-state index in [4.69, 9.17) is 0 Å². The number of nitrogens with one attached hydrogen (secondary N) is 1. The van der Waals surface area contributed by atoms with Gasteiger partial charge in [0.15, 0.2) is 0 Å². The van der Waals surface area contributed by atoms with E-state index in [0.29, 0.717) is 6.42 Å². The molecule has 1 aromatic carbocycles. The number of hydrogen-bond donors (Lipinski definition) is 1. The van der Waals surface area contributed by atoms with Gasteiger partial charge in [-0.15, -0.1) is 0 Å². The number of pyridine rings is 1. The van der Waals surface area contributed by atoms with Crippen molar-refractivity contribution < 1.29 is 9.59 Å². The number of benzene rings is 1. The van der Waals surface area contributed by atoms with Crippen molar-refractivity contribution in [1.29, 1.82) is 0 Å². The number of rotatable bonds is 5. The summed E-state index contributed by atoms with van der Waals surface area (Å²) in [6.45, 7) is 2.72. The third-order valence-electron chi connectivity index (χ3n) is 4.27. The molecule has 3 rings (SSSR count). The van der Waals surface area contributed by atoms with Gasteiger partial charge in [0.1, 0.15) is 0 Å². The summed E-state index contributed by atoms with van der Waals surface area (Å²) in [5, 5.41) is 2.94. The highest BCUT2D eigenvalue weighted by molar-refractivity contribution is 5.95. The van der Waals surface area contributed by atoms with E-state index < -0.39 is 0 Å². The molecule has 5 nitrogen and oxygen atoms in total. The van der Waals surface area contributed by atoms with Crippen LogP contribution in [0, 0.1) is 0 Å². The number of carbonyl (C=O) groups excluding carboxylic acids is 2. The number of amides is 2. The van der Waals surface area contributed by atoms with Crippen molar-refractivity contribution in [2.24, 2.45) is 0 Å². The number of aromatic nitrogens is 1. The second kappa shape index (κ2) is 7.75. The van der Waals surface area contributed by atoms with Gasteiger partial charge in [0, 0.05) is 37.1 Å². The average Bonchev–Trinajstić information content (AvgIpc) is 3.07. The fourth-order valence-corrected chi connectivity index (χ4v) is 2.86. The summed E-state index contributed by atoms with van der Waals surface area (Å²) in [6, 6.07) is 11.4. The first-order valence-electron chi connectivity index (χ1n) is 8.42. The first-order valence-corrected chi connectivity index (χ1v) is 8.42. The predicted molar refractivity (Wildman–Crippen MR) is 97.9 cm³/mol. The van der Waals surface area contributed by atoms with Gasteiger partial charge >= 0.3 is 0 Å². The molecule has 1 aliphatic rings. The minimum Gasteiger partial charge on any atom is -0.346 e. The largest absolute Gasteiger partial charge is 0.346 e. The topological polar surface area (TPSA) is 62.3 Å². The van der Waals surface area contributed by atoms with E-state index in [1.54, 1.807) is 18.5 Å². The van der Waals surface area contributed by atoms with E-state index in [0.717, 1.165) is 29.8 Å². The summed E-state index contributed by atoms with van der Waals surface area (Å²) < 4.78 is 0. The molecule has 5 heteroatoms. The van der Waals surface area contributed by atoms with E-state index in [2.05, 4.69) is 10.3 Å². The fourth-order valence-electron chi connectivity index (χ4n) is 2.86.